The number of nitrogens with zero attached hydrogens (tertiary/aromatic N) is 1. The van der Waals surface area contributed by atoms with Crippen LogP contribution < -0.4 is 10.6 Å². The van der Waals surface area contributed by atoms with Crippen LogP contribution >= 0.6 is 11.6 Å². The van der Waals surface area contributed by atoms with Gasteiger partial charge >= 0.3 is 0 Å². The van der Waals surface area contributed by atoms with Crippen LogP contribution in [0, 0.1) is 23.1 Å². The second kappa shape index (κ2) is 9.19. The van der Waals surface area contributed by atoms with Crippen molar-refractivity contribution in [3.8, 4) is 6.07 Å². The van der Waals surface area contributed by atoms with Crippen molar-refractivity contribution in [1.82, 2.24) is 5.32 Å². The number of rotatable bonds is 8. The molecule has 0 aromatic heterocycles. The second-order valence-electron chi connectivity index (χ2n) is 9.18. The fraction of sp³-hybridized carbons (Fsp3) is 0.423. The first-order valence-corrected chi connectivity index (χ1v) is 11.9. The van der Waals surface area contributed by atoms with Gasteiger partial charge in [0, 0.05) is 17.2 Å². The van der Waals surface area contributed by atoms with E-state index in [1.54, 1.807) is 25.1 Å². The van der Waals surface area contributed by atoms with Crippen molar-refractivity contribution < 1.29 is 22.8 Å². The van der Waals surface area contributed by atoms with Crippen molar-refractivity contribution >= 4 is 29.1 Å². The fourth-order valence-electron chi connectivity index (χ4n) is 4.68. The molecule has 0 aliphatic heterocycles. The summed E-state index contributed by atoms with van der Waals surface area (Å²) >= 11 is 6.72. The van der Waals surface area contributed by atoms with Crippen LogP contribution in [0.3, 0.4) is 0 Å². The number of alkyl halides is 3. The molecular weight excluding hydrogens is 479 g/mol. The molecule has 2 aromatic carbocycles. The van der Waals surface area contributed by atoms with Gasteiger partial charge in [-0.05, 0) is 61.1 Å². The van der Waals surface area contributed by atoms with Gasteiger partial charge in [0.25, 0.3) is 12.3 Å². The largest absolute Gasteiger partial charge is 0.334 e. The van der Waals surface area contributed by atoms with Gasteiger partial charge in [0.2, 0.25) is 5.91 Å². The first-order chi connectivity index (χ1) is 16.6. The molecule has 35 heavy (non-hydrogen) atoms. The molecule has 2 aliphatic carbocycles. The lowest BCUT2D eigenvalue weighted by Crippen LogP contribution is -2.36. The summed E-state index contributed by atoms with van der Waals surface area (Å²) < 4.78 is 40.2. The van der Waals surface area contributed by atoms with Crippen LogP contribution in [0.1, 0.15) is 72.5 Å². The van der Waals surface area contributed by atoms with Crippen LogP contribution in [-0.4, -0.2) is 22.2 Å². The van der Waals surface area contributed by atoms with Gasteiger partial charge in [-0.3, -0.25) is 9.59 Å². The van der Waals surface area contributed by atoms with Gasteiger partial charge in [-0.2, -0.15) is 5.26 Å². The van der Waals surface area contributed by atoms with E-state index < -0.39 is 46.0 Å². The fourth-order valence-corrected chi connectivity index (χ4v) is 5.09. The predicted molar refractivity (Wildman–Crippen MR) is 126 cm³/mol. The van der Waals surface area contributed by atoms with Gasteiger partial charge < -0.3 is 10.6 Å². The Morgan fingerprint density at radius 1 is 1.20 bits per heavy atom. The SMILES string of the molecule is CCc1ccc(NC(=O)C2C(c3ccc(F)c(C(F)F)c3)C2(Cl)CC)cc1C(=O)NC1(C#N)CC1. The number of nitrogens with one attached hydrogen (secondary N) is 2. The van der Waals surface area contributed by atoms with Crippen LogP contribution in [0.15, 0.2) is 36.4 Å². The molecule has 184 valence electrons. The number of carbonyl (C=O) groups is 2. The van der Waals surface area contributed by atoms with Gasteiger partial charge in [0.1, 0.15) is 11.4 Å². The molecule has 2 N–H and O–H groups in total. The highest BCUT2D eigenvalue weighted by Crippen LogP contribution is 2.64. The predicted octanol–water partition coefficient (Wildman–Crippen LogP) is 5.85. The Balaban J connectivity index is 1.56. The maximum absolute atomic E-state index is 13.8. The number of anilines is 1. The van der Waals surface area contributed by atoms with Crippen molar-refractivity contribution in [2.24, 2.45) is 5.92 Å². The van der Waals surface area contributed by atoms with Crippen molar-refractivity contribution in [3.05, 3.63) is 64.5 Å². The third-order valence-corrected chi connectivity index (χ3v) is 7.75. The van der Waals surface area contributed by atoms with E-state index in [-0.39, 0.29) is 5.91 Å². The van der Waals surface area contributed by atoms with Gasteiger partial charge in [-0.25, -0.2) is 13.2 Å². The highest BCUT2D eigenvalue weighted by molar-refractivity contribution is 6.30. The lowest BCUT2D eigenvalue weighted by Gasteiger charge is -2.14. The number of benzene rings is 2. The molecule has 0 heterocycles. The van der Waals surface area contributed by atoms with Gasteiger partial charge in [0.15, 0.2) is 0 Å². The molecule has 3 atom stereocenters. The summed E-state index contributed by atoms with van der Waals surface area (Å²) in [7, 11) is 0. The van der Waals surface area contributed by atoms with Gasteiger partial charge in [-0.15, -0.1) is 11.6 Å². The Hall–Kier alpha value is -3.05. The smallest absolute Gasteiger partial charge is 0.266 e. The molecule has 9 heteroatoms. The Bertz CT molecular complexity index is 1220. The number of carbonyl (C=O) groups excluding carboxylic acids is 2. The maximum atomic E-state index is 13.8. The third-order valence-electron chi connectivity index (χ3n) is 7.02. The molecule has 0 spiro atoms. The van der Waals surface area contributed by atoms with Gasteiger partial charge in [0.05, 0.1) is 22.4 Å². The monoisotopic (exact) mass is 503 g/mol. The maximum Gasteiger partial charge on any atom is 0.266 e. The van der Waals surface area contributed by atoms with Crippen molar-refractivity contribution in [1.29, 1.82) is 5.26 Å². The molecular formula is C26H25ClF3N3O2. The minimum atomic E-state index is -2.98. The summed E-state index contributed by atoms with van der Waals surface area (Å²) in [6.07, 6.45) is -0.802. The van der Waals surface area contributed by atoms with Crippen LogP contribution in [0.4, 0.5) is 18.9 Å². The first-order valence-electron chi connectivity index (χ1n) is 11.5. The van der Waals surface area contributed by atoms with E-state index in [1.165, 1.54) is 6.07 Å². The molecule has 4 rings (SSSR count). The molecule has 2 fully saturated rings. The molecule has 2 aromatic rings. The van der Waals surface area contributed by atoms with E-state index in [1.807, 2.05) is 6.92 Å². The Labute approximate surface area is 206 Å². The molecule has 2 amide bonds. The average Bonchev–Trinajstić information content (AvgIpc) is 3.74. The van der Waals surface area contributed by atoms with E-state index >= 15 is 0 Å². The highest BCUT2D eigenvalue weighted by atomic mass is 35.5. The molecule has 0 bridgehead atoms. The molecule has 2 saturated carbocycles. The Morgan fingerprint density at radius 3 is 2.49 bits per heavy atom. The standard InChI is InChI=1S/C26H25ClF3N3O2/c1-3-14-5-7-16(12-17(14)23(34)33-25(13-31)9-10-25)32-24(35)21-20(26(21,27)4-2)15-6-8-19(28)18(11-15)22(29)30/h5-8,11-12,20-22H,3-4,9-10H2,1-2H3,(H,32,35)(H,33,34). The summed E-state index contributed by atoms with van der Waals surface area (Å²) in [6, 6.07) is 10.5. The van der Waals surface area contributed by atoms with Crippen molar-refractivity contribution in [3.63, 3.8) is 0 Å². The van der Waals surface area contributed by atoms with Gasteiger partial charge in [-0.1, -0.05) is 26.0 Å². The van der Waals surface area contributed by atoms with Crippen LogP contribution in [0.5, 0.6) is 0 Å². The van der Waals surface area contributed by atoms with Crippen LogP contribution in [-0.2, 0) is 11.2 Å². The second-order valence-corrected chi connectivity index (χ2v) is 9.88. The lowest BCUT2D eigenvalue weighted by atomic mass is 10.0. The lowest BCUT2D eigenvalue weighted by molar-refractivity contribution is -0.117. The topological polar surface area (TPSA) is 82.0 Å². The Kier molecular flexibility index (Phi) is 6.58. The summed E-state index contributed by atoms with van der Waals surface area (Å²) in [5.74, 6) is -3.08. The van der Waals surface area contributed by atoms with E-state index in [0.29, 0.717) is 42.5 Å². The number of aryl methyl sites for hydroxylation is 1. The number of nitriles is 1. The first kappa shape index (κ1) is 25.1. The number of amides is 2. The summed E-state index contributed by atoms with van der Waals surface area (Å²) in [4.78, 5) is 25.0. The van der Waals surface area contributed by atoms with Crippen molar-refractivity contribution in [2.75, 3.05) is 5.32 Å². The summed E-state index contributed by atoms with van der Waals surface area (Å²) in [5, 5.41) is 14.8. The molecule has 2 aliphatic rings. The quantitative estimate of drug-likeness (QED) is 0.443. The van der Waals surface area contributed by atoms with Crippen molar-refractivity contribution in [2.45, 2.75) is 62.3 Å². The number of hydrogen-bond donors (Lipinski definition) is 2. The molecule has 5 nitrogen and oxygen atoms in total. The van der Waals surface area contributed by atoms with E-state index in [9.17, 15) is 28.0 Å². The number of hydrogen-bond acceptors (Lipinski definition) is 3. The van der Waals surface area contributed by atoms with Crippen LogP contribution in [0.25, 0.3) is 0 Å². The summed E-state index contributed by atoms with van der Waals surface area (Å²) in [6.45, 7) is 3.70. The normalized spacial score (nSPS) is 23.9. The zero-order chi connectivity index (χ0) is 25.5. The third kappa shape index (κ3) is 4.62. The van der Waals surface area contributed by atoms with E-state index in [2.05, 4.69) is 16.7 Å². The zero-order valence-electron chi connectivity index (χ0n) is 19.3. The highest BCUT2D eigenvalue weighted by Gasteiger charge is 2.66. The summed E-state index contributed by atoms with van der Waals surface area (Å²) in [5.41, 5.74) is 0.351. The Morgan fingerprint density at radius 2 is 1.91 bits per heavy atom. The van der Waals surface area contributed by atoms with Crippen LogP contribution in [0.2, 0.25) is 0 Å². The van der Waals surface area contributed by atoms with E-state index in [4.69, 9.17) is 11.6 Å². The molecule has 0 radical (unpaired) electrons. The molecule has 3 unspecified atom stereocenters. The van der Waals surface area contributed by atoms with E-state index in [0.717, 1.165) is 17.7 Å². The number of halogens is 4. The minimum Gasteiger partial charge on any atom is -0.334 e. The average molecular weight is 504 g/mol. The zero-order valence-corrected chi connectivity index (χ0v) is 20.1. The minimum absolute atomic E-state index is 0.368. The molecule has 0 saturated heterocycles.